The van der Waals surface area contributed by atoms with Gasteiger partial charge in [0.15, 0.2) is 0 Å². The van der Waals surface area contributed by atoms with Crippen LogP contribution < -0.4 is 4.74 Å². The maximum Gasteiger partial charge on any atom is 0.119 e. The van der Waals surface area contributed by atoms with Gasteiger partial charge in [0.25, 0.3) is 0 Å². The lowest BCUT2D eigenvalue weighted by atomic mass is 9.82. The summed E-state index contributed by atoms with van der Waals surface area (Å²) in [6.07, 6.45) is 2.89. The van der Waals surface area contributed by atoms with Crippen LogP contribution in [0.3, 0.4) is 0 Å². The highest BCUT2D eigenvalue weighted by atomic mass is 35.5. The van der Waals surface area contributed by atoms with Gasteiger partial charge >= 0.3 is 0 Å². The van der Waals surface area contributed by atoms with E-state index in [2.05, 4.69) is 11.9 Å². The summed E-state index contributed by atoms with van der Waals surface area (Å²) < 4.78 is 5.65. The average Bonchev–Trinajstić information content (AvgIpc) is 2.35. The van der Waals surface area contributed by atoms with Crippen molar-refractivity contribution in [2.24, 2.45) is 5.92 Å². The zero-order valence-electron chi connectivity index (χ0n) is 11.4. The van der Waals surface area contributed by atoms with Crippen molar-refractivity contribution in [3.05, 3.63) is 29.3 Å². The van der Waals surface area contributed by atoms with Gasteiger partial charge in [-0.1, -0.05) is 11.6 Å². The van der Waals surface area contributed by atoms with Gasteiger partial charge < -0.3 is 14.7 Å². The predicted molar refractivity (Wildman–Crippen MR) is 77.8 cm³/mol. The van der Waals surface area contributed by atoms with Gasteiger partial charge in [0.2, 0.25) is 0 Å². The molecule has 0 saturated heterocycles. The predicted octanol–water partition coefficient (Wildman–Crippen LogP) is 2.81. The third-order valence-electron chi connectivity index (χ3n) is 3.55. The smallest absolute Gasteiger partial charge is 0.119 e. The Morgan fingerprint density at radius 3 is 2.63 bits per heavy atom. The molecule has 0 aliphatic heterocycles. The summed E-state index contributed by atoms with van der Waals surface area (Å²) in [4.78, 5) is 2.32. The van der Waals surface area contributed by atoms with E-state index >= 15 is 0 Å². The molecule has 2 rings (SSSR count). The fourth-order valence-electron chi connectivity index (χ4n) is 2.44. The molecule has 0 heterocycles. The molecule has 1 aliphatic carbocycles. The Morgan fingerprint density at radius 1 is 1.32 bits per heavy atom. The summed E-state index contributed by atoms with van der Waals surface area (Å²) in [7, 11) is 2.13. The summed E-state index contributed by atoms with van der Waals surface area (Å²) in [5.41, 5.74) is 0. The third-order valence-corrected chi connectivity index (χ3v) is 3.80. The summed E-state index contributed by atoms with van der Waals surface area (Å²) in [6, 6.07) is 7.46. The number of rotatable bonds is 7. The fourth-order valence-corrected chi connectivity index (χ4v) is 2.56. The molecule has 0 atom stereocenters. The number of aliphatic hydroxyl groups excluding tert-OH is 1. The van der Waals surface area contributed by atoms with Gasteiger partial charge in [-0.05, 0) is 56.5 Å². The van der Waals surface area contributed by atoms with E-state index in [9.17, 15) is 5.11 Å². The van der Waals surface area contributed by atoms with E-state index in [0.29, 0.717) is 5.92 Å². The van der Waals surface area contributed by atoms with Crippen LogP contribution in [-0.2, 0) is 0 Å². The molecule has 1 aliphatic rings. The molecule has 3 nitrogen and oxygen atoms in total. The first-order valence-corrected chi connectivity index (χ1v) is 7.26. The molecule has 0 bridgehead atoms. The van der Waals surface area contributed by atoms with E-state index in [1.54, 1.807) is 0 Å². The van der Waals surface area contributed by atoms with Gasteiger partial charge in [-0.15, -0.1) is 0 Å². The molecule has 19 heavy (non-hydrogen) atoms. The number of hydrogen-bond donors (Lipinski definition) is 1. The van der Waals surface area contributed by atoms with E-state index in [1.165, 1.54) is 0 Å². The van der Waals surface area contributed by atoms with Crippen LogP contribution in [0.2, 0.25) is 5.02 Å². The molecule has 0 unspecified atom stereocenters. The number of nitrogens with zero attached hydrogens (tertiary/aromatic N) is 1. The van der Waals surface area contributed by atoms with E-state index in [1.807, 2.05) is 24.3 Å². The van der Waals surface area contributed by atoms with Gasteiger partial charge in [0.05, 0.1) is 12.7 Å². The maximum absolute atomic E-state index is 9.24. The van der Waals surface area contributed by atoms with Crippen molar-refractivity contribution in [1.29, 1.82) is 0 Å². The summed E-state index contributed by atoms with van der Waals surface area (Å²) in [5.74, 6) is 1.55. The SMILES string of the molecule is CN(CCCOc1ccc(Cl)cc1)CC1CC(O)C1. The topological polar surface area (TPSA) is 32.7 Å². The monoisotopic (exact) mass is 283 g/mol. The molecular weight excluding hydrogens is 262 g/mol. The molecule has 1 fully saturated rings. The second-order valence-corrected chi connectivity index (χ2v) is 5.85. The van der Waals surface area contributed by atoms with Crippen molar-refractivity contribution in [2.75, 3.05) is 26.7 Å². The van der Waals surface area contributed by atoms with Crippen LogP contribution in [0.25, 0.3) is 0 Å². The Morgan fingerprint density at radius 2 is 2.00 bits per heavy atom. The zero-order chi connectivity index (χ0) is 13.7. The molecule has 0 aromatic heterocycles. The number of hydrogen-bond acceptors (Lipinski definition) is 3. The lowest BCUT2D eigenvalue weighted by Crippen LogP contribution is -2.37. The number of ether oxygens (including phenoxy) is 1. The van der Waals surface area contributed by atoms with E-state index < -0.39 is 0 Å². The third kappa shape index (κ3) is 5.01. The minimum Gasteiger partial charge on any atom is -0.494 e. The van der Waals surface area contributed by atoms with E-state index in [4.69, 9.17) is 16.3 Å². The fraction of sp³-hybridized carbons (Fsp3) is 0.600. The van der Waals surface area contributed by atoms with Crippen LogP contribution in [0.15, 0.2) is 24.3 Å². The number of benzene rings is 1. The van der Waals surface area contributed by atoms with Crippen molar-refractivity contribution < 1.29 is 9.84 Å². The molecule has 1 aromatic carbocycles. The van der Waals surface area contributed by atoms with Gasteiger partial charge in [-0.3, -0.25) is 0 Å². The highest BCUT2D eigenvalue weighted by molar-refractivity contribution is 6.30. The first kappa shape index (κ1) is 14.6. The first-order chi connectivity index (χ1) is 9.13. The van der Waals surface area contributed by atoms with Crippen LogP contribution >= 0.6 is 11.6 Å². The lowest BCUT2D eigenvalue weighted by Gasteiger charge is -2.34. The van der Waals surface area contributed by atoms with Crippen LogP contribution in [0.4, 0.5) is 0 Å². The van der Waals surface area contributed by atoms with Crippen molar-refractivity contribution in [2.45, 2.75) is 25.4 Å². The van der Waals surface area contributed by atoms with Gasteiger partial charge in [-0.25, -0.2) is 0 Å². The molecule has 0 spiro atoms. The van der Waals surface area contributed by atoms with Gasteiger partial charge in [0, 0.05) is 18.1 Å². The second-order valence-electron chi connectivity index (χ2n) is 5.41. The number of aliphatic hydroxyl groups is 1. The van der Waals surface area contributed by atoms with Crippen LogP contribution in [0.5, 0.6) is 5.75 Å². The van der Waals surface area contributed by atoms with Crippen molar-refractivity contribution in [1.82, 2.24) is 4.90 Å². The Labute approximate surface area is 120 Å². The molecule has 1 saturated carbocycles. The molecule has 106 valence electrons. The molecule has 4 heteroatoms. The Balaban J connectivity index is 1.55. The molecular formula is C15H22ClNO2. The highest BCUT2D eigenvalue weighted by Crippen LogP contribution is 2.27. The van der Waals surface area contributed by atoms with Crippen molar-refractivity contribution in [3.63, 3.8) is 0 Å². The summed E-state index contributed by atoms with van der Waals surface area (Å²) >= 11 is 5.81. The van der Waals surface area contributed by atoms with Crippen molar-refractivity contribution >= 4 is 11.6 Å². The average molecular weight is 284 g/mol. The van der Waals surface area contributed by atoms with Crippen LogP contribution in [0.1, 0.15) is 19.3 Å². The van der Waals surface area contributed by atoms with Crippen molar-refractivity contribution in [3.8, 4) is 5.75 Å². The first-order valence-electron chi connectivity index (χ1n) is 6.88. The standard InChI is InChI=1S/C15H22ClNO2/c1-17(11-12-9-14(18)10-12)7-2-8-19-15-5-3-13(16)4-6-15/h3-6,12,14,18H,2,7-11H2,1H3. The normalized spacial score (nSPS) is 22.3. The Kier molecular flexibility index (Phi) is 5.49. The minimum atomic E-state index is -0.0494. The Bertz CT molecular complexity index is 376. The van der Waals surface area contributed by atoms with Gasteiger partial charge in [0.1, 0.15) is 5.75 Å². The van der Waals surface area contributed by atoms with Gasteiger partial charge in [-0.2, -0.15) is 0 Å². The maximum atomic E-state index is 9.24. The molecule has 1 aromatic rings. The molecule has 0 amide bonds. The largest absolute Gasteiger partial charge is 0.494 e. The Hall–Kier alpha value is -0.770. The van der Waals surface area contributed by atoms with E-state index in [0.717, 1.165) is 49.7 Å². The zero-order valence-corrected chi connectivity index (χ0v) is 12.1. The minimum absolute atomic E-state index is 0.0494. The van der Waals surface area contributed by atoms with Crippen LogP contribution in [-0.4, -0.2) is 42.9 Å². The highest BCUT2D eigenvalue weighted by Gasteiger charge is 2.27. The second kappa shape index (κ2) is 7.13. The lowest BCUT2D eigenvalue weighted by molar-refractivity contribution is 0.0278. The molecule has 1 N–H and O–H groups in total. The summed E-state index contributed by atoms with van der Waals surface area (Å²) in [5, 5.41) is 9.97. The van der Waals surface area contributed by atoms with Crippen LogP contribution in [0, 0.1) is 5.92 Å². The quantitative estimate of drug-likeness (QED) is 0.781. The summed E-state index contributed by atoms with van der Waals surface area (Å²) in [6.45, 7) is 2.83. The van der Waals surface area contributed by atoms with E-state index in [-0.39, 0.29) is 6.10 Å². The number of halogens is 1. The molecule has 0 radical (unpaired) electrons.